The van der Waals surface area contributed by atoms with E-state index in [1.165, 1.54) is 9.80 Å². The third kappa shape index (κ3) is 22.5. The van der Waals surface area contributed by atoms with E-state index in [2.05, 4.69) is 0 Å². The van der Waals surface area contributed by atoms with Crippen LogP contribution in [0.15, 0.2) is 0 Å². The molecule has 0 aromatic carbocycles. The van der Waals surface area contributed by atoms with Crippen molar-refractivity contribution >= 4 is 11.9 Å². The molecule has 6 N–H and O–H groups in total. The summed E-state index contributed by atoms with van der Waals surface area (Å²) in [5, 5.41) is 79.3. The van der Waals surface area contributed by atoms with E-state index in [0.29, 0.717) is 0 Å². The molecule has 202 valence electrons. The van der Waals surface area contributed by atoms with E-state index in [1.807, 2.05) is 0 Å². The zero-order chi connectivity index (χ0) is 25.9. The minimum Gasteiger partial charge on any atom is -0.549 e. The molecule has 0 spiro atoms. The Morgan fingerprint density at radius 3 is 1.00 bits per heavy atom. The summed E-state index contributed by atoms with van der Waals surface area (Å²) >= 11 is 0. The number of hydrogen-bond acceptors (Lipinski definition) is 14. The molecule has 0 saturated heterocycles. The smallest absolute Gasteiger partial charge is 0.549 e. The Morgan fingerprint density at radius 2 is 0.778 bits per heavy atom. The standard InChI is InChI=1S/C20H42N4O10.2Na/c25-7-3-21(4-8-26)11-17(29)13-23(15-19(31)32)1-2-24(16-20(33)34)14-18(30)12-22(5-9-27)6-10-28;;/h17-18,25-30H,1-16H2,(H,31,32)(H,33,34);;/q;2*+1/p-2. The Labute approximate surface area is 256 Å². The first kappa shape index (κ1) is 41.0. The zero-order valence-electron chi connectivity index (χ0n) is 21.6. The van der Waals surface area contributed by atoms with Crippen molar-refractivity contribution in [1.82, 2.24) is 19.6 Å². The molecule has 0 aliphatic carbocycles. The van der Waals surface area contributed by atoms with Gasteiger partial charge >= 0.3 is 59.1 Å². The van der Waals surface area contributed by atoms with Crippen LogP contribution in [-0.4, -0.2) is 179 Å². The van der Waals surface area contributed by atoms with Crippen LogP contribution < -0.4 is 69.3 Å². The third-order valence-electron chi connectivity index (χ3n) is 4.98. The number of nitrogens with zero attached hydrogens (tertiary/aromatic N) is 4. The summed E-state index contributed by atoms with van der Waals surface area (Å²) in [5.74, 6) is -2.77. The molecule has 0 bridgehead atoms. The number of aliphatic hydroxyl groups is 6. The minimum absolute atomic E-state index is 0. The van der Waals surface area contributed by atoms with E-state index < -0.39 is 37.2 Å². The van der Waals surface area contributed by atoms with Crippen LogP contribution in [0.3, 0.4) is 0 Å². The summed E-state index contributed by atoms with van der Waals surface area (Å²) < 4.78 is 0. The fraction of sp³-hybridized carbons (Fsp3) is 0.900. The molecular weight excluding hydrogens is 502 g/mol. The van der Waals surface area contributed by atoms with Gasteiger partial charge in [0.15, 0.2) is 0 Å². The van der Waals surface area contributed by atoms with Gasteiger partial charge in [-0.25, -0.2) is 0 Å². The SMILES string of the molecule is O=C([O-])CN(CCN(CC(=O)[O-])CC(O)CN(CCO)CCO)CC(O)CN(CCO)CCO.[Na+].[Na+]. The average molecular weight is 543 g/mol. The van der Waals surface area contributed by atoms with Gasteiger partial charge in [0.2, 0.25) is 0 Å². The molecule has 2 unspecified atom stereocenters. The summed E-state index contributed by atoms with van der Waals surface area (Å²) in [4.78, 5) is 28.3. The summed E-state index contributed by atoms with van der Waals surface area (Å²) in [6, 6.07) is 0. The van der Waals surface area contributed by atoms with Crippen molar-refractivity contribution in [2.75, 3.05) is 105 Å². The van der Waals surface area contributed by atoms with Gasteiger partial charge in [0, 0.05) is 78.5 Å². The zero-order valence-corrected chi connectivity index (χ0v) is 25.6. The van der Waals surface area contributed by atoms with Gasteiger partial charge in [-0.2, -0.15) is 0 Å². The monoisotopic (exact) mass is 542 g/mol. The molecule has 2 atom stereocenters. The summed E-state index contributed by atoms with van der Waals surface area (Å²) in [6.45, 7) is -0.760. The van der Waals surface area contributed by atoms with Crippen LogP contribution in [0, 0.1) is 0 Å². The number of carboxylic acids is 2. The van der Waals surface area contributed by atoms with E-state index in [4.69, 9.17) is 20.4 Å². The number of carboxylic acid groups (broad SMARTS) is 2. The molecule has 0 aromatic rings. The van der Waals surface area contributed by atoms with Crippen molar-refractivity contribution in [1.29, 1.82) is 0 Å². The maximum absolute atomic E-state index is 11.1. The first-order valence-electron chi connectivity index (χ1n) is 11.2. The Kier molecular flexibility index (Phi) is 29.4. The Morgan fingerprint density at radius 1 is 0.528 bits per heavy atom. The second-order valence-electron chi connectivity index (χ2n) is 8.02. The van der Waals surface area contributed by atoms with Gasteiger partial charge in [-0.3, -0.25) is 19.6 Å². The van der Waals surface area contributed by atoms with Crippen molar-refractivity contribution in [3.63, 3.8) is 0 Å². The maximum atomic E-state index is 11.1. The molecule has 0 saturated carbocycles. The fourth-order valence-corrected chi connectivity index (χ4v) is 3.58. The molecular formula is C20H40N4Na2O10. The van der Waals surface area contributed by atoms with Crippen molar-refractivity contribution < 1.29 is 110 Å². The molecule has 36 heavy (non-hydrogen) atoms. The van der Waals surface area contributed by atoms with E-state index in [0.717, 1.165) is 0 Å². The molecule has 0 rings (SSSR count). The average Bonchev–Trinajstić information content (AvgIpc) is 2.71. The molecule has 0 aliphatic heterocycles. The van der Waals surface area contributed by atoms with Crippen molar-refractivity contribution in [2.45, 2.75) is 12.2 Å². The number of carbonyl (C=O) groups excluding carboxylic acids is 2. The second kappa shape index (κ2) is 25.8. The molecule has 0 radical (unpaired) electrons. The molecule has 16 heteroatoms. The molecule has 0 amide bonds. The normalized spacial score (nSPS) is 13.1. The van der Waals surface area contributed by atoms with Crippen LogP contribution in [0.4, 0.5) is 0 Å². The number of aliphatic hydroxyl groups excluding tert-OH is 6. The first-order chi connectivity index (χ1) is 16.1. The summed E-state index contributed by atoms with van der Waals surface area (Å²) in [7, 11) is 0. The largest absolute Gasteiger partial charge is 1.00 e. The van der Waals surface area contributed by atoms with E-state index in [9.17, 15) is 30.0 Å². The van der Waals surface area contributed by atoms with Gasteiger partial charge in [-0.05, 0) is 0 Å². The maximum Gasteiger partial charge on any atom is 1.00 e. The Balaban J connectivity index is -0.00000544. The van der Waals surface area contributed by atoms with Crippen LogP contribution in [-0.2, 0) is 9.59 Å². The van der Waals surface area contributed by atoms with E-state index in [1.54, 1.807) is 9.80 Å². The number of aliphatic carboxylic acids is 2. The third-order valence-corrected chi connectivity index (χ3v) is 4.98. The van der Waals surface area contributed by atoms with E-state index >= 15 is 0 Å². The fourth-order valence-electron chi connectivity index (χ4n) is 3.58. The minimum atomic E-state index is -1.38. The predicted molar refractivity (Wildman–Crippen MR) is 116 cm³/mol. The molecule has 0 aliphatic rings. The summed E-state index contributed by atoms with van der Waals surface area (Å²) in [6.07, 6.45) is -2.02. The van der Waals surface area contributed by atoms with Gasteiger partial charge in [0.25, 0.3) is 0 Å². The Hall–Kier alpha value is 0.540. The number of rotatable bonds is 23. The summed E-state index contributed by atoms with van der Waals surface area (Å²) in [5.41, 5.74) is 0. The quantitative estimate of drug-likeness (QED) is 0.0662. The van der Waals surface area contributed by atoms with Crippen LogP contribution in [0.2, 0.25) is 0 Å². The molecule has 0 heterocycles. The molecule has 0 aromatic heterocycles. The van der Waals surface area contributed by atoms with Crippen molar-refractivity contribution in [3.05, 3.63) is 0 Å². The topological polar surface area (TPSA) is 215 Å². The van der Waals surface area contributed by atoms with Crippen LogP contribution in [0.25, 0.3) is 0 Å². The van der Waals surface area contributed by atoms with Crippen LogP contribution in [0.5, 0.6) is 0 Å². The number of carbonyl (C=O) groups is 2. The van der Waals surface area contributed by atoms with Gasteiger partial charge in [0.05, 0.1) is 50.6 Å². The van der Waals surface area contributed by atoms with Crippen LogP contribution >= 0.6 is 0 Å². The van der Waals surface area contributed by atoms with Gasteiger partial charge in [0.1, 0.15) is 0 Å². The Bertz CT molecular complexity index is 499. The van der Waals surface area contributed by atoms with Crippen molar-refractivity contribution in [3.8, 4) is 0 Å². The molecule has 0 fully saturated rings. The molecule has 14 nitrogen and oxygen atoms in total. The van der Waals surface area contributed by atoms with Gasteiger partial charge < -0.3 is 50.4 Å². The number of hydrogen-bond donors (Lipinski definition) is 6. The van der Waals surface area contributed by atoms with Crippen LogP contribution in [0.1, 0.15) is 0 Å². The second-order valence-corrected chi connectivity index (χ2v) is 8.02. The first-order valence-corrected chi connectivity index (χ1v) is 11.2. The van der Waals surface area contributed by atoms with Gasteiger partial charge in [-0.15, -0.1) is 0 Å². The van der Waals surface area contributed by atoms with E-state index in [-0.39, 0.29) is 151 Å². The van der Waals surface area contributed by atoms with Crippen molar-refractivity contribution in [2.24, 2.45) is 0 Å². The predicted octanol–water partition coefficient (Wildman–Crippen LogP) is -13.6. The van der Waals surface area contributed by atoms with Gasteiger partial charge in [-0.1, -0.05) is 0 Å².